The van der Waals surface area contributed by atoms with Gasteiger partial charge in [-0.1, -0.05) is 24.3 Å². The average Bonchev–Trinajstić information content (AvgIpc) is 3.13. The van der Waals surface area contributed by atoms with Crippen molar-refractivity contribution >= 4 is 39.7 Å². The summed E-state index contributed by atoms with van der Waals surface area (Å²) in [6.07, 6.45) is 0. The lowest BCUT2D eigenvalue weighted by molar-refractivity contribution is 0.103. The summed E-state index contributed by atoms with van der Waals surface area (Å²) in [5.41, 5.74) is 3.26. The second-order valence-electron chi connectivity index (χ2n) is 6.15. The molecule has 0 fully saturated rings. The summed E-state index contributed by atoms with van der Waals surface area (Å²) in [4.78, 5) is 25.1. The number of rotatable bonds is 5. The molecule has 3 N–H and O–H groups in total. The largest absolute Gasteiger partial charge is 0.496 e. The normalized spacial score (nSPS) is 10.2. The number of nitrogens with one attached hydrogen (secondary N) is 3. The molecule has 0 saturated heterocycles. The fourth-order valence-corrected chi connectivity index (χ4v) is 3.58. The molecule has 0 aliphatic rings. The zero-order valence-corrected chi connectivity index (χ0v) is 16.6. The molecule has 0 bridgehead atoms. The predicted molar refractivity (Wildman–Crippen MR) is 114 cm³/mol. The van der Waals surface area contributed by atoms with E-state index in [0.717, 1.165) is 16.9 Å². The van der Waals surface area contributed by atoms with E-state index in [1.54, 1.807) is 31.4 Å². The molecule has 28 heavy (non-hydrogen) atoms. The monoisotopic (exact) mass is 395 g/mol. The lowest BCUT2D eigenvalue weighted by atomic mass is 10.1. The van der Waals surface area contributed by atoms with E-state index in [4.69, 9.17) is 4.74 Å². The van der Waals surface area contributed by atoms with Crippen LogP contribution < -0.4 is 20.7 Å². The van der Waals surface area contributed by atoms with Crippen molar-refractivity contribution in [3.05, 3.63) is 70.6 Å². The van der Waals surface area contributed by atoms with Crippen molar-refractivity contribution in [2.45, 2.75) is 13.8 Å². The molecule has 6 nitrogen and oxygen atoms in total. The van der Waals surface area contributed by atoms with Crippen molar-refractivity contribution in [3.8, 4) is 5.75 Å². The first-order valence-corrected chi connectivity index (χ1v) is 9.48. The van der Waals surface area contributed by atoms with Crippen LogP contribution in [-0.2, 0) is 0 Å². The Kier molecular flexibility index (Phi) is 5.96. The zero-order valence-electron chi connectivity index (χ0n) is 15.8. The van der Waals surface area contributed by atoms with Crippen LogP contribution in [0, 0.1) is 13.8 Å². The third kappa shape index (κ3) is 4.50. The Balaban J connectivity index is 1.65. The van der Waals surface area contributed by atoms with Crippen molar-refractivity contribution in [3.63, 3.8) is 0 Å². The van der Waals surface area contributed by atoms with Gasteiger partial charge in [-0.2, -0.15) is 0 Å². The summed E-state index contributed by atoms with van der Waals surface area (Å²) in [6, 6.07) is 15.9. The van der Waals surface area contributed by atoms with Gasteiger partial charge in [0.1, 0.15) is 5.75 Å². The molecule has 1 heterocycles. The van der Waals surface area contributed by atoms with Crippen LogP contribution in [0.15, 0.2) is 54.6 Å². The minimum absolute atomic E-state index is 0.240. The van der Waals surface area contributed by atoms with E-state index in [2.05, 4.69) is 16.0 Å². The van der Waals surface area contributed by atoms with Crippen LogP contribution in [0.1, 0.15) is 20.8 Å². The van der Waals surface area contributed by atoms with E-state index >= 15 is 0 Å². The van der Waals surface area contributed by atoms with Gasteiger partial charge in [0.25, 0.3) is 5.91 Å². The number of anilines is 3. The Labute approximate surface area is 167 Å². The van der Waals surface area contributed by atoms with E-state index in [-0.39, 0.29) is 11.9 Å². The molecular weight excluding hydrogens is 374 g/mol. The molecule has 1 aromatic heterocycles. The zero-order chi connectivity index (χ0) is 20.1. The Bertz CT molecular complexity index is 999. The number of ether oxygens (including phenoxy) is 1. The summed E-state index contributed by atoms with van der Waals surface area (Å²) < 4.78 is 5.40. The Hall–Kier alpha value is -3.32. The Morgan fingerprint density at radius 1 is 0.893 bits per heavy atom. The van der Waals surface area contributed by atoms with E-state index in [0.29, 0.717) is 21.3 Å². The highest BCUT2D eigenvalue weighted by molar-refractivity contribution is 7.18. The first-order chi connectivity index (χ1) is 13.5. The molecule has 0 saturated carbocycles. The summed E-state index contributed by atoms with van der Waals surface area (Å²) in [6.45, 7) is 3.85. The molecule has 0 aliphatic carbocycles. The number of hydrogen-bond donors (Lipinski definition) is 3. The van der Waals surface area contributed by atoms with E-state index in [9.17, 15) is 9.59 Å². The summed E-state index contributed by atoms with van der Waals surface area (Å²) >= 11 is 1.20. The van der Waals surface area contributed by atoms with Crippen LogP contribution in [0.5, 0.6) is 5.75 Å². The number of carbonyl (C=O) groups is 2. The molecule has 0 atom stereocenters. The topological polar surface area (TPSA) is 79.5 Å². The Morgan fingerprint density at radius 2 is 1.64 bits per heavy atom. The van der Waals surface area contributed by atoms with Crippen LogP contribution in [0.4, 0.5) is 21.2 Å². The fourth-order valence-electron chi connectivity index (χ4n) is 2.78. The fraction of sp³-hybridized carbons (Fsp3) is 0.143. The van der Waals surface area contributed by atoms with Gasteiger partial charge in [-0.3, -0.25) is 10.1 Å². The van der Waals surface area contributed by atoms with Crippen molar-refractivity contribution in [1.82, 2.24) is 0 Å². The molecule has 0 spiro atoms. The standard InChI is InChI=1S/C21H21N3O3S/c1-13-9-10-16(14(2)19(13)27-3)23-20(25)17-11-12-18(28-17)24-21(26)22-15-7-5-4-6-8-15/h4-12H,1-3H3,(H,23,25)(H2,22,24,26). The Morgan fingerprint density at radius 3 is 2.36 bits per heavy atom. The maximum Gasteiger partial charge on any atom is 0.324 e. The SMILES string of the molecule is COc1c(C)ccc(NC(=O)c2ccc(NC(=O)Nc3ccccc3)s2)c1C. The third-order valence-corrected chi connectivity index (χ3v) is 5.15. The van der Waals surface area contributed by atoms with Crippen molar-refractivity contribution in [2.75, 3.05) is 23.1 Å². The van der Waals surface area contributed by atoms with Gasteiger partial charge in [-0.25, -0.2) is 4.79 Å². The molecule has 7 heteroatoms. The number of carbonyl (C=O) groups excluding carboxylic acids is 2. The molecule has 2 aromatic carbocycles. The van der Waals surface area contributed by atoms with E-state index in [1.807, 2.05) is 44.2 Å². The van der Waals surface area contributed by atoms with E-state index < -0.39 is 0 Å². The van der Waals surface area contributed by atoms with Gasteiger partial charge >= 0.3 is 6.03 Å². The number of thiophene rings is 1. The minimum atomic E-state index is -0.362. The van der Waals surface area contributed by atoms with E-state index in [1.165, 1.54) is 11.3 Å². The lowest BCUT2D eigenvalue weighted by Crippen LogP contribution is -2.18. The number of urea groups is 1. The van der Waals surface area contributed by atoms with Gasteiger partial charge in [0.05, 0.1) is 17.0 Å². The van der Waals surface area contributed by atoms with Crippen molar-refractivity contribution in [1.29, 1.82) is 0 Å². The van der Waals surface area contributed by atoms with Crippen LogP contribution in [-0.4, -0.2) is 19.0 Å². The number of para-hydroxylation sites is 1. The number of hydrogen-bond acceptors (Lipinski definition) is 4. The highest BCUT2D eigenvalue weighted by atomic mass is 32.1. The molecule has 3 aromatic rings. The molecule has 3 amide bonds. The first kappa shape index (κ1) is 19.4. The van der Waals surface area contributed by atoms with Gasteiger partial charge < -0.3 is 15.4 Å². The average molecular weight is 395 g/mol. The smallest absolute Gasteiger partial charge is 0.324 e. The second-order valence-corrected chi connectivity index (χ2v) is 7.24. The highest BCUT2D eigenvalue weighted by Gasteiger charge is 2.14. The predicted octanol–water partition coefficient (Wildman–Crippen LogP) is 5.27. The number of amides is 3. The van der Waals surface area contributed by atoms with Gasteiger partial charge in [-0.05, 0) is 49.7 Å². The summed E-state index contributed by atoms with van der Waals surface area (Å²) in [7, 11) is 1.61. The second kappa shape index (κ2) is 8.58. The number of benzene rings is 2. The molecule has 0 unspecified atom stereocenters. The van der Waals surface area contributed by atoms with Crippen LogP contribution in [0.3, 0.4) is 0 Å². The molecule has 144 valence electrons. The van der Waals surface area contributed by atoms with Crippen molar-refractivity contribution < 1.29 is 14.3 Å². The summed E-state index contributed by atoms with van der Waals surface area (Å²) in [5, 5.41) is 8.95. The van der Waals surface area contributed by atoms with Gasteiger partial charge in [0.15, 0.2) is 0 Å². The maximum absolute atomic E-state index is 12.6. The van der Waals surface area contributed by atoms with Gasteiger partial charge in [0, 0.05) is 16.9 Å². The molecule has 0 aliphatic heterocycles. The molecule has 3 rings (SSSR count). The van der Waals surface area contributed by atoms with Gasteiger partial charge in [0.2, 0.25) is 0 Å². The van der Waals surface area contributed by atoms with Crippen molar-refractivity contribution in [2.24, 2.45) is 0 Å². The first-order valence-electron chi connectivity index (χ1n) is 8.66. The number of aryl methyl sites for hydroxylation is 1. The van der Waals surface area contributed by atoms with Crippen LogP contribution in [0.25, 0.3) is 0 Å². The highest BCUT2D eigenvalue weighted by Crippen LogP contribution is 2.30. The van der Waals surface area contributed by atoms with Gasteiger partial charge in [-0.15, -0.1) is 11.3 Å². The molecular formula is C21H21N3O3S. The molecule has 0 radical (unpaired) electrons. The van der Waals surface area contributed by atoms with Crippen LogP contribution in [0.2, 0.25) is 0 Å². The van der Waals surface area contributed by atoms with Crippen LogP contribution >= 0.6 is 11.3 Å². The lowest BCUT2D eigenvalue weighted by Gasteiger charge is -2.13. The maximum atomic E-state index is 12.6. The number of methoxy groups -OCH3 is 1. The third-order valence-electron chi connectivity index (χ3n) is 4.15. The quantitative estimate of drug-likeness (QED) is 0.551. The minimum Gasteiger partial charge on any atom is -0.496 e. The summed E-state index contributed by atoms with van der Waals surface area (Å²) in [5.74, 6) is 0.513.